The number of nitrogens with zero attached hydrogens (tertiary/aromatic N) is 1. The van der Waals surface area contributed by atoms with Crippen LogP contribution in [0, 0.1) is 0 Å². The highest BCUT2D eigenvalue weighted by Crippen LogP contribution is 2.16. The number of aromatic nitrogens is 1. The molecule has 0 aliphatic rings. The molecule has 1 N–H and O–H groups in total. The molecule has 1 aromatic carbocycles. The van der Waals surface area contributed by atoms with E-state index in [2.05, 4.69) is 5.32 Å². The Hall–Kier alpha value is -2.56. The number of carbonyl (C=O) groups excluding carboxylic acids is 1. The van der Waals surface area contributed by atoms with Gasteiger partial charge in [0.25, 0.3) is 11.5 Å². The summed E-state index contributed by atoms with van der Waals surface area (Å²) in [6.45, 7) is 0.185. The zero-order valence-electron chi connectivity index (χ0n) is 11.4. The lowest BCUT2D eigenvalue weighted by Crippen LogP contribution is -2.29. The van der Waals surface area contributed by atoms with Crippen LogP contribution in [0.15, 0.2) is 47.4 Å². The predicted octanol–water partition coefficient (Wildman–Crippen LogP) is 1.32. The second kappa shape index (κ2) is 6.06. The van der Waals surface area contributed by atoms with E-state index in [-0.39, 0.29) is 18.0 Å². The van der Waals surface area contributed by atoms with Gasteiger partial charge in [-0.25, -0.2) is 0 Å². The number of hydrogen-bond acceptors (Lipinski definition) is 3. The molecule has 104 valence electrons. The van der Waals surface area contributed by atoms with Crippen molar-refractivity contribution >= 4 is 5.91 Å². The molecule has 1 heterocycles. The number of pyridine rings is 1. The number of nitrogens with one attached hydrogen (secondary N) is 1. The SMILES string of the molecule is COc1ccccc1C(=O)NCc1cccn(C)c1=O. The van der Waals surface area contributed by atoms with Crippen LogP contribution in [0.2, 0.25) is 0 Å². The van der Waals surface area contributed by atoms with Crippen molar-refractivity contribution < 1.29 is 9.53 Å². The molecular weight excluding hydrogens is 256 g/mol. The van der Waals surface area contributed by atoms with E-state index < -0.39 is 0 Å². The molecule has 0 atom stereocenters. The minimum atomic E-state index is -0.270. The standard InChI is InChI=1S/C15H16N2O3/c1-17-9-5-6-11(15(17)19)10-16-14(18)12-7-3-4-8-13(12)20-2/h3-9H,10H2,1-2H3,(H,16,18). The van der Waals surface area contributed by atoms with Crippen LogP contribution in [0.4, 0.5) is 0 Å². The molecule has 1 aromatic heterocycles. The Morgan fingerprint density at radius 2 is 2.00 bits per heavy atom. The Morgan fingerprint density at radius 3 is 2.75 bits per heavy atom. The summed E-state index contributed by atoms with van der Waals surface area (Å²) in [6, 6.07) is 10.4. The van der Waals surface area contributed by atoms with Gasteiger partial charge in [-0.1, -0.05) is 18.2 Å². The molecule has 0 saturated carbocycles. The van der Waals surface area contributed by atoms with Gasteiger partial charge in [-0.15, -0.1) is 0 Å². The van der Waals surface area contributed by atoms with Crippen molar-refractivity contribution in [2.24, 2.45) is 7.05 Å². The molecule has 20 heavy (non-hydrogen) atoms. The summed E-state index contributed by atoms with van der Waals surface area (Å²) in [5, 5.41) is 2.73. The summed E-state index contributed by atoms with van der Waals surface area (Å²) < 4.78 is 6.61. The van der Waals surface area contributed by atoms with Gasteiger partial charge < -0.3 is 14.6 Å². The van der Waals surface area contributed by atoms with Gasteiger partial charge in [0.15, 0.2) is 0 Å². The first-order valence-electron chi connectivity index (χ1n) is 6.19. The molecule has 0 bridgehead atoms. The van der Waals surface area contributed by atoms with Crippen LogP contribution in [0.25, 0.3) is 0 Å². The molecule has 5 nitrogen and oxygen atoms in total. The molecule has 2 aromatic rings. The molecule has 0 aliphatic carbocycles. The number of rotatable bonds is 4. The van der Waals surface area contributed by atoms with Gasteiger partial charge >= 0.3 is 0 Å². The fraction of sp³-hybridized carbons (Fsp3) is 0.200. The van der Waals surface area contributed by atoms with E-state index in [1.54, 1.807) is 49.6 Å². The van der Waals surface area contributed by atoms with Crippen LogP contribution in [0.5, 0.6) is 5.75 Å². The van der Waals surface area contributed by atoms with E-state index >= 15 is 0 Å². The molecule has 0 spiro atoms. The predicted molar refractivity (Wildman–Crippen MR) is 75.8 cm³/mol. The summed E-state index contributed by atoms with van der Waals surface area (Å²) in [7, 11) is 3.19. The Morgan fingerprint density at radius 1 is 1.25 bits per heavy atom. The number of benzene rings is 1. The third-order valence-corrected chi connectivity index (χ3v) is 2.99. The zero-order chi connectivity index (χ0) is 14.5. The normalized spacial score (nSPS) is 10.1. The van der Waals surface area contributed by atoms with Crippen molar-refractivity contribution in [2.75, 3.05) is 7.11 Å². The second-order valence-corrected chi connectivity index (χ2v) is 4.33. The van der Waals surface area contributed by atoms with Gasteiger partial charge in [0, 0.05) is 25.4 Å². The third kappa shape index (κ3) is 2.88. The summed E-state index contributed by atoms with van der Waals surface area (Å²) in [4.78, 5) is 23.9. The summed E-state index contributed by atoms with van der Waals surface area (Å²) in [6.07, 6.45) is 1.67. The van der Waals surface area contributed by atoms with E-state index in [0.29, 0.717) is 16.9 Å². The molecule has 2 rings (SSSR count). The van der Waals surface area contributed by atoms with Crippen molar-refractivity contribution in [1.82, 2.24) is 9.88 Å². The number of methoxy groups -OCH3 is 1. The molecular formula is C15H16N2O3. The first kappa shape index (κ1) is 13.9. The maximum atomic E-state index is 12.1. The number of amides is 1. The number of hydrogen-bond donors (Lipinski definition) is 1. The van der Waals surface area contributed by atoms with Crippen LogP contribution in [0.1, 0.15) is 15.9 Å². The van der Waals surface area contributed by atoms with Crippen LogP contribution >= 0.6 is 0 Å². The Kier molecular flexibility index (Phi) is 4.20. The summed E-state index contributed by atoms with van der Waals surface area (Å²) in [5.41, 5.74) is 0.869. The Bertz CT molecular complexity index is 677. The number of ether oxygens (including phenoxy) is 1. The van der Waals surface area contributed by atoms with Gasteiger partial charge in [0.1, 0.15) is 5.75 Å². The maximum absolute atomic E-state index is 12.1. The van der Waals surface area contributed by atoms with E-state index in [9.17, 15) is 9.59 Å². The number of para-hydroxylation sites is 1. The van der Waals surface area contributed by atoms with Crippen molar-refractivity contribution in [2.45, 2.75) is 6.54 Å². The molecule has 0 unspecified atom stereocenters. The first-order valence-corrected chi connectivity index (χ1v) is 6.19. The highest BCUT2D eigenvalue weighted by molar-refractivity contribution is 5.96. The fourth-order valence-electron chi connectivity index (χ4n) is 1.89. The highest BCUT2D eigenvalue weighted by atomic mass is 16.5. The second-order valence-electron chi connectivity index (χ2n) is 4.33. The fourth-order valence-corrected chi connectivity index (χ4v) is 1.89. The number of aryl methyl sites for hydroxylation is 1. The van der Waals surface area contributed by atoms with E-state index in [1.807, 2.05) is 0 Å². The summed E-state index contributed by atoms with van der Waals surface area (Å²) >= 11 is 0. The molecule has 0 radical (unpaired) electrons. The maximum Gasteiger partial charge on any atom is 0.255 e. The van der Waals surface area contributed by atoms with Crippen molar-refractivity contribution in [3.05, 3.63) is 64.1 Å². The average molecular weight is 272 g/mol. The lowest BCUT2D eigenvalue weighted by atomic mass is 10.2. The van der Waals surface area contributed by atoms with Crippen molar-refractivity contribution in [3.8, 4) is 5.75 Å². The van der Waals surface area contributed by atoms with Gasteiger partial charge in [0.05, 0.1) is 12.7 Å². The van der Waals surface area contributed by atoms with Crippen LogP contribution in [-0.4, -0.2) is 17.6 Å². The molecule has 0 saturated heterocycles. The molecule has 0 fully saturated rings. The Labute approximate surface area is 116 Å². The monoisotopic (exact) mass is 272 g/mol. The quantitative estimate of drug-likeness (QED) is 0.913. The van der Waals surface area contributed by atoms with Gasteiger partial charge in [0.2, 0.25) is 0 Å². The molecule has 0 aliphatic heterocycles. The first-order chi connectivity index (χ1) is 9.63. The van der Waals surface area contributed by atoms with Crippen LogP contribution < -0.4 is 15.6 Å². The van der Waals surface area contributed by atoms with Crippen molar-refractivity contribution in [1.29, 1.82) is 0 Å². The third-order valence-electron chi connectivity index (χ3n) is 2.99. The van der Waals surface area contributed by atoms with Crippen LogP contribution in [0.3, 0.4) is 0 Å². The van der Waals surface area contributed by atoms with Crippen LogP contribution in [-0.2, 0) is 13.6 Å². The lowest BCUT2D eigenvalue weighted by molar-refractivity contribution is 0.0947. The number of carbonyl (C=O) groups is 1. The van der Waals surface area contributed by atoms with E-state index in [1.165, 1.54) is 11.7 Å². The van der Waals surface area contributed by atoms with Gasteiger partial charge in [-0.3, -0.25) is 9.59 Å². The lowest BCUT2D eigenvalue weighted by Gasteiger charge is -2.09. The van der Waals surface area contributed by atoms with Crippen molar-refractivity contribution in [3.63, 3.8) is 0 Å². The van der Waals surface area contributed by atoms with E-state index in [0.717, 1.165) is 0 Å². The van der Waals surface area contributed by atoms with Gasteiger partial charge in [-0.2, -0.15) is 0 Å². The minimum Gasteiger partial charge on any atom is -0.496 e. The Balaban J connectivity index is 2.13. The smallest absolute Gasteiger partial charge is 0.255 e. The zero-order valence-corrected chi connectivity index (χ0v) is 11.4. The molecule has 5 heteroatoms. The molecule has 1 amide bonds. The topological polar surface area (TPSA) is 60.3 Å². The van der Waals surface area contributed by atoms with E-state index in [4.69, 9.17) is 4.74 Å². The highest BCUT2D eigenvalue weighted by Gasteiger charge is 2.11. The average Bonchev–Trinajstić information content (AvgIpc) is 2.48. The largest absolute Gasteiger partial charge is 0.496 e. The van der Waals surface area contributed by atoms with Gasteiger partial charge in [-0.05, 0) is 18.2 Å². The summed E-state index contributed by atoms with van der Waals surface area (Å²) in [5.74, 6) is 0.235. The minimum absolute atomic E-state index is 0.118.